The number of amidine groups is 1. The van der Waals surface area contributed by atoms with Crippen LogP contribution in [0, 0.1) is 12.3 Å². The highest BCUT2D eigenvalue weighted by Crippen LogP contribution is 2.26. The normalized spacial score (nSPS) is 12.6. The number of carboxylic acid groups (broad SMARTS) is 1. The third kappa shape index (κ3) is 5.85. The van der Waals surface area contributed by atoms with Crippen LogP contribution in [0.5, 0.6) is 0 Å². The smallest absolute Gasteiger partial charge is 0.317 e. The SMILES string of the molecule is CCN(CC)C(=O)C(C)(NCC(=O)O)c1ccc(CNc2ccc(C(=N)N)cc2)c(C)c1. The van der Waals surface area contributed by atoms with Crippen LogP contribution in [0.4, 0.5) is 5.69 Å². The second-order valence-corrected chi connectivity index (χ2v) is 7.84. The Morgan fingerprint density at radius 1 is 1.12 bits per heavy atom. The van der Waals surface area contributed by atoms with Crippen molar-refractivity contribution in [2.75, 3.05) is 25.0 Å². The Morgan fingerprint density at radius 2 is 1.75 bits per heavy atom. The average molecular weight is 440 g/mol. The summed E-state index contributed by atoms with van der Waals surface area (Å²) < 4.78 is 0. The van der Waals surface area contributed by atoms with E-state index in [1.165, 1.54) is 0 Å². The first-order valence-electron chi connectivity index (χ1n) is 10.7. The van der Waals surface area contributed by atoms with Gasteiger partial charge in [0.05, 0.1) is 6.54 Å². The molecule has 2 aromatic carbocycles. The molecule has 0 saturated heterocycles. The molecule has 1 atom stereocenters. The van der Waals surface area contributed by atoms with E-state index < -0.39 is 11.5 Å². The molecule has 0 aliphatic heterocycles. The molecule has 2 aromatic rings. The first-order chi connectivity index (χ1) is 15.1. The minimum atomic E-state index is -1.15. The van der Waals surface area contributed by atoms with Gasteiger partial charge in [-0.1, -0.05) is 18.2 Å². The maximum absolute atomic E-state index is 13.3. The maximum Gasteiger partial charge on any atom is 0.317 e. The lowest BCUT2D eigenvalue weighted by atomic mass is 9.87. The summed E-state index contributed by atoms with van der Waals surface area (Å²) in [5.74, 6) is -1.14. The van der Waals surface area contributed by atoms with Crippen LogP contribution in [-0.2, 0) is 21.7 Å². The Kier molecular flexibility index (Phi) is 8.37. The van der Waals surface area contributed by atoms with Gasteiger partial charge in [-0.05, 0) is 68.7 Å². The molecule has 6 N–H and O–H groups in total. The molecule has 172 valence electrons. The fourth-order valence-corrected chi connectivity index (χ4v) is 3.55. The number of hydrogen-bond acceptors (Lipinski definition) is 5. The van der Waals surface area contributed by atoms with Gasteiger partial charge in [-0.3, -0.25) is 20.3 Å². The van der Waals surface area contributed by atoms with Crippen LogP contribution in [0.15, 0.2) is 42.5 Å². The van der Waals surface area contributed by atoms with Crippen molar-refractivity contribution in [2.45, 2.75) is 39.8 Å². The highest BCUT2D eigenvalue weighted by molar-refractivity contribution is 5.95. The number of carbonyl (C=O) groups is 2. The minimum absolute atomic E-state index is 0.0294. The van der Waals surface area contributed by atoms with Gasteiger partial charge in [-0.25, -0.2) is 0 Å². The Balaban J connectivity index is 2.25. The van der Waals surface area contributed by atoms with Crippen LogP contribution < -0.4 is 16.4 Å². The molecule has 0 fully saturated rings. The number of nitrogens with one attached hydrogen (secondary N) is 3. The van der Waals surface area contributed by atoms with E-state index in [1.54, 1.807) is 24.0 Å². The molecule has 2 rings (SSSR count). The molecule has 1 unspecified atom stereocenters. The van der Waals surface area contributed by atoms with E-state index >= 15 is 0 Å². The predicted octanol–water partition coefficient (Wildman–Crippen LogP) is 2.65. The fraction of sp³-hybridized carbons (Fsp3) is 0.375. The highest BCUT2D eigenvalue weighted by atomic mass is 16.4. The summed E-state index contributed by atoms with van der Waals surface area (Å²) in [5.41, 5.74) is 8.69. The molecular formula is C24H33N5O3. The van der Waals surface area contributed by atoms with E-state index in [1.807, 2.05) is 51.1 Å². The van der Waals surface area contributed by atoms with E-state index in [2.05, 4.69) is 10.6 Å². The molecule has 8 nitrogen and oxygen atoms in total. The van der Waals surface area contributed by atoms with E-state index in [0.29, 0.717) is 25.2 Å². The number of carbonyl (C=O) groups excluding carboxylic acids is 1. The number of anilines is 1. The molecule has 32 heavy (non-hydrogen) atoms. The number of nitrogen functional groups attached to an aromatic ring is 1. The van der Waals surface area contributed by atoms with Crippen molar-refractivity contribution in [1.29, 1.82) is 5.41 Å². The topological polar surface area (TPSA) is 132 Å². The number of likely N-dealkylation sites (N-methyl/N-ethyl adjacent to an activating group) is 1. The standard InChI is InChI=1S/C24H33N5O3/c1-5-29(6-2)23(32)24(4,28-15-21(30)31)19-10-7-18(16(3)13-19)14-27-20-11-8-17(9-12-20)22(25)26/h7-13,27-28H,5-6,14-15H2,1-4H3,(H3,25,26)(H,30,31). The number of carboxylic acids is 1. The summed E-state index contributed by atoms with van der Waals surface area (Å²) in [6.45, 7) is 8.87. The van der Waals surface area contributed by atoms with Gasteiger partial charge in [0, 0.05) is 30.9 Å². The van der Waals surface area contributed by atoms with Crippen LogP contribution in [0.25, 0.3) is 0 Å². The van der Waals surface area contributed by atoms with Gasteiger partial charge in [0.15, 0.2) is 0 Å². The van der Waals surface area contributed by atoms with E-state index in [-0.39, 0.29) is 18.3 Å². The van der Waals surface area contributed by atoms with Crippen LogP contribution in [0.2, 0.25) is 0 Å². The second kappa shape index (κ2) is 10.8. The quantitative estimate of drug-likeness (QED) is 0.270. The van der Waals surface area contributed by atoms with Gasteiger partial charge in [0.25, 0.3) is 0 Å². The molecule has 1 amide bonds. The Hall–Kier alpha value is -3.39. The summed E-state index contributed by atoms with van der Waals surface area (Å²) in [5, 5.41) is 22.9. The van der Waals surface area contributed by atoms with Crippen LogP contribution in [0.1, 0.15) is 43.0 Å². The predicted molar refractivity (Wildman–Crippen MR) is 127 cm³/mol. The molecule has 0 spiro atoms. The number of aliphatic carboxylic acids is 1. The highest BCUT2D eigenvalue weighted by Gasteiger charge is 2.38. The monoisotopic (exact) mass is 439 g/mol. The largest absolute Gasteiger partial charge is 0.480 e. The van der Waals surface area contributed by atoms with E-state index in [4.69, 9.17) is 16.2 Å². The number of rotatable bonds is 11. The Bertz CT molecular complexity index is 970. The second-order valence-electron chi connectivity index (χ2n) is 7.84. The molecule has 0 radical (unpaired) electrons. The van der Waals surface area contributed by atoms with Crippen LogP contribution in [0.3, 0.4) is 0 Å². The minimum Gasteiger partial charge on any atom is -0.480 e. The van der Waals surface area contributed by atoms with Crippen LogP contribution >= 0.6 is 0 Å². The van der Waals surface area contributed by atoms with Crippen molar-refractivity contribution in [3.8, 4) is 0 Å². The number of hydrogen-bond donors (Lipinski definition) is 5. The molecule has 0 aliphatic carbocycles. The zero-order chi connectivity index (χ0) is 23.9. The number of amides is 1. The van der Waals surface area contributed by atoms with Crippen molar-refractivity contribution in [2.24, 2.45) is 5.73 Å². The summed E-state index contributed by atoms with van der Waals surface area (Å²) in [7, 11) is 0. The molecule has 0 heterocycles. The van der Waals surface area contributed by atoms with Crippen LogP contribution in [-0.4, -0.2) is 47.4 Å². The lowest BCUT2D eigenvalue weighted by Gasteiger charge is -2.35. The summed E-state index contributed by atoms with van der Waals surface area (Å²) in [6.07, 6.45) is 0. The maximum atomic E-state index is 13.3. The lowest BCUT2D eigenvalue weighted by molar-refractivity contribution is -0.140. The van der Waals surface area contributed by atoms with Gasteiger partial charge in [0.1, 0.15) is 11.4 Å². The average Bonchev–Trinajstić information content (AvgIpc) is 2.77. The molecule has 0 saturated carbocycles. The number of benzene rings is 2. The van der Waals surface area contributed by atoms with Gasteiger partial charge < -0.3 is 21.1 Å². The van der Waals surface area contributed by atoms with Crippen molar-refractivity contribution in [3.63, 3.8) is 0 Å². The molecule has 0 aromatic heterocycles. The Morgan fingerprint density at radius 3 is 2.25 bits per heavy atom. The van der Waals surface area contributed by atoms with Crippen molar-refractivity contribution in [3.05, 3.63) is 64.7 Å². The summed E-state index contributed by atoms with van der Waals surface area (Å²) >= 11 is 0. The number of nitrogens with two attached hydrogens (primary N) is 1. The zero-order valence-corrected chi connectivity index (χ0v) is 19.2. The zero-order valence-electron chi connectivity index (χ0n) is 19.2. The Labute approximate surface area is 189 Å². The van der Waals surface area contributed by atoms with Crippen molar-refractivity contribution < 1.29 is 14.7 Å². The third-order valence-corrected chi connectivity index (χ3v) is 5.67. The summed E-state index contributed by atoms with van der Waals surface area (Å²) in [6, 6.07) is 13.1. The first kappa shape index (κ1) is 24.9. The third-order valence-electron chi connectivity index (χ3n) is 5.67. The van der Waals surface area contributed by atoms with E-state index in [0.717, 1.165) is 22.4 Å². The first-order valence-corrected chi connectivity index (χ1v) is 10.7. The molecule has 0 bridgehead atoms. The molecule has 8 heteroatoms. The number of aryl methyl sites for hydroxylation is 1. The molecule has 0 aliphatic rings. The van der Waals surface area contributed by atoms with Gasteiger partial charge in [0.2, 0.25) is 5.91 Å². The van der Waals surface area contributed by atoms with Crippen molar-refractivity contribution in [1.82, 2.24) is 10.2 Å². The summed E-state index contributed by atoms with van der Waals surface area (Å²) in [4.78, 5) is 26.1. The van der Waals surface area contributed by atoms with E-state index in [9.17, 15) is 9.59 Å². The van der Waals surface area contributed by atoms with Crippen molar-refractivity contribution >= 4 is 23.4 Å². The van der Waals surface area contributed by atoms with Gasteiger partial charge in [-0.2, -0.15) is 0 Å². The fourth-order valence-electron chi connectivity index (χ4n) is 3.55. The molecular weight excluding hydrogens is 406 g/mol. The lowest BCUT2D eigenvalue weighted by Crippen LogP contribution is -2.55. The van der Waals surface area contributed by atoms with Gasteiger partial charge in [-0.15, -0.1) is 0 Å². The van der Waals surface area contributed by atoms with Gasteiger partial charge >= 0.3 is 5.97 Å². The number of nitrogens with zero attached hydrogens (tertiary/aromatic N) is 1.